The van der Waals surface area contributed by atoms with Crippen molar-refractivity contribution in [3.8, 4) is 0 Å². The molecule has 0 fully saturated rings. The van der Waals surface area contributed by atoms with Crippen molar-refractivity contribution in [3.05, 3.63) is 12.2 Å². The summed E-state index contributed by atoms with van der Waals surface area (Å²) in [5.74, 6) is -0.765. The zero-order valence-corrected chi connectivity index (χ0v) is 32.9. The highest BCUT2D eigenvalue weighted by molar-refractivity contribution is 6.12. The van der Waals surface area contributed by atoms with Crippen LogP contribution in [0.1, 0.15) is 58.3 Å². The van der Waals surface area contributed by atoms with Gasteiger partial charge < -0.3 is 56.8 Å². The Morgan fingerprint density at radius 1 is 0.407 bits per heavy atom. The lowest BCUT2D eigenvalue weighted by molar-refractivity contribution is -0.145. The summed E-state index contributed by atoms with van der Waals surface area (Å²) in [5.41, 5.74) is 0. The Kier molecular flexibility index (Phi) is 37.5. The second kappa shape index (κ2) is 40.6. The van der Waals surface area contributed by atoms with Gasteiger partial charge >= 0.3 is 5.97 Å². The van der Waals surface area contributed by atoms with Crippen molar-refractivity contribution in [2.75, 3.05) is 159 Å². The fourth-order valence-electron chi connectivity index (χ4n) is 4.62. The summed E-state index contributed by atoms with van der Waals surface area (Å²) in [6, 6.07) is 0. The minimum absolute atomic E-state index is 0.147. The molecule has 1 rings (SSSR count). The van der Waals surface area contributed by atoms with E-state index in [1.54, 1.807) is 0 Å². The summed E-state index contributed by atoms with van der Waals surface area (Å²) in [5, 5.41) is 0. The van der Waals surface area contributed by atoms with Crippen molar-refractivity contribution in [1.29, 1.82) is 0 Å². The number of hydrogen-bond donors (Lipinski definition) is 0. The van der Waals surface area contributed by atoms with Crippen LogP contribution in [-0.2, 0) is 71.2 Å². The Hall–Kier alpha value is -2.09. The van der Waals surface area contributed by atoms with E-state index >= 15 is 0 Å². The maximum absolute atomic E-state index is 11.7. The molecule has 2 amide bonds. The van der Waals surface area contributed by atoms with Gasteiger partial charge in [0.2, 0.25) is 0 Å². The zero-order valence-electron chi connectivity index (χ0n) is 32.9. The second-order valence-corrected chi connectivity index (χ2v) is 12.0. The van der Waals surface area contributed by atoms with Gasteiger partial charge in [-0.15, -0.1) is 0 Å². The summed E-state index contributed by atoms with van der Waals surface area (Å²) in [6.07, 6.45) is 11.3. The standard InChI is InChI=1S/C38H69NO15/c1-2-3-4-5-6-7-8-9-38(42)54-35-34-53-33-32-52-31-30-51-29-28-50-27-26-49-25-24-48-23-22-47-21-20-46-19-18-45-17-16-44-15-14-43-13-12-39-36(40)10-11-37(39)41/h10-11H,2-9,12-35H2,1H3. The predicted octanol–water partition coefficient (Wildman–Crippen LogP) is 2.78. The van der Waals surface area contributed by atoms with Gasteiger partial charge in [0.1, 0.15) is 6.61 Å². The topological polar surface area (TPSA) is 165 Å². The number of amides is 2. The monoisotopic (exact) mass is 779 g/mol. The van der Waals surface area contributed by atoms with E-state index < -0.39 is 0 Å². The third-order valence-electron chi connectivity index (χ3n) is 7.56. The molecule has 316 valence electrons. The maximum Gasteiger partial charge on any atom is 0.305 e. The fourth-order valence-corrected chi connectivity index (χ4v) is 4.62. The van der Waals surface area contributed by atoms with Crippen molar-refractivity contribution in [3.63, 3.8) is 0 Å². The Morgan fingerprint density at radius 3 is 1.02 bits per heavy atom. The van der Waals surface area contributed by atoms with Gasteiger partial charge in [0.15, 0.2) is 0 Å². The van der Waals surface area contributed by atoms with Crippen molar-refractivity contribution in [1.82, 2.24) is 4.90 Å². The molecular formula is C38H69NO15. The molecule has 0 aromatic rings. The highest BCUT2D eigenvalue weighted by Gasteiger charge is 2.22. The fraction of sp³-hybridized carbons (Fsp3) is 0.868. The third kappa shape index (κ3) is 34.4. The van der Waals surface area contributed by atoms with Crippen molar-refractivity contribution in [2.45, 2.75) is 58.3 Å². The van der Waals surface area contributed by atoms with Crippen LogP contribution in [0.5, 0.6) is 0 Å². The van der Waals surface area contributed by atoms with Crippen LogP contribution in [0.3, 0.4) is 0 Å². The SMILES string of the molecule is CCCCCCCCCC(=O)OCCOCCOCCOCCOCCOCCOCCOCCOCCOCCOCCOCCN1C(=O)C=CC1=O. The van der Waals surface area contributed by atoms with Crippen LogP contribution in [0.25, 0.3) is 0 Å². The normalized spacial score (nSPS) is 12.8. The number of ether oxygens (including phenoxy) is 12. The van der Waals surface area contributed by atoms with Crippen LogP contribution >= 0.6 is 0 Å². The molecule has 1 aliphatic heterocycles. The molecule has 1 heterocycles. The zero-order chi connectivity index (χ0) is 38.8. The van der Waals surface area contributed by atoms with E-state index in [4.69, 9.17) is 56.8 Å². The molecule has 0 aromatic carbocycles. The van der Waals surface area contributed by atoms with E-state index in [9.17, 15) is 14.4 Å². The largest absolute Gasteiger partial charge is 0.463 e. The van der Waals surface area contributed by atoms with Crippen LogP contribution < -0.4 is 0 Å². The lowest BCUT2D eigenvalue weighted by Crippen LogP contribution is -2.33. The minimum Gasteiger partial charge on any atom is -0.463 e. The number of carbonyl (C=O) groups is 3. The molecule has 16 heteroatoms. The smallest absolute Gasteiger partial charge is 0.305 e. The van der Waals surface area contributed by atoms with Crippen LogP contribution in [0.2, 0.25) is 0 Å². The number of carbonyl (C=O) groups excluding carboxylic acids is 3. The number of imide groups is 1. The summed E-state index contributed by atoms with van der Waals surface area (Å²) < 4.78 is 65.2. The van der Waals surface area contributed by atoms with E-state index in [0.29, 0.717) is 145 Å². The van der Waals surface area contributed by atoms with Gasteiger partial charge in [0.05, 0.1) is 152 Å². The first-order valence-electron chi connectivity index (χ1n) is 19.7. The predicted molar refractivity (Wildman–Crippen MR) is 198 cm³/mol. The van der Waals surface area contributed by atoms with Gasteiger partial charge in [-0.2, -0.15) is 0 Å². The molecule has 54 heavy (non-hydrogen) atoms. The molecule has 0 unspecified atom stereocenters. The molecule has 0 radical (unpaired) electrons. The molecule has 1 aliphatic rings. The van der Waals surface area contributed by atoms with Crippen LogP contribution in [0.4, 0.5) is 0 Å². The van der Waals surface area contributed by atoms with E-state index in [0.717, 1.165) is 17.7 Å². The van der Waals surface area contributed by atoms with Gasteiger partial charge in [0.25, 0.3) is 11.8 Å². The maximum atomic E-state index is 11.7. The lowest BCUT2D eigenvalue weighted by Gasteiger charge is -2.13. The van der Waals surface area contributed by atoms with Crippen molar-refractivity contribution < 1.29 is 71.2 Å². The highest BCUT2D eigenvalue weighted by Crippen LogP contribution is 2.09. The first kappa shape index (κ1) is 49.9. The number of rotatable bonds is 44. The quantitative estimate of drug-likeness (QED) is 0.0503. The van der Waals surface area contributed by atoms with Crippen molar-refractivity contribution >= 4 is 17.8 Å². The molecule has 0 N–H and O–H groups in total. The molecule has 0 aromatic heterocycles. The first-order valence-corrected chi connectivity index (χ1v) is 19.7. The summed E-state index contributed by atoms with van der Waals surface area (Å²) in [6.45, 7) is 12.6. The Bertz CT molecular complexity index is 877. The van der Waals surface area contributed by atoms with Gasteiger partial charge in [0, 0.05) is 18.6 Å². The van der Waals surface area contributed by atoms with Crippen LogP contribution in [0, 0.1) is 0 Å². The molecule has 0 saturated heterocycles. The summed E-state index contributed by atoms with van der Waals surface area (Å²) >= 11 is 0. The molecule has 16 nitrogen and oxygen atoms in total. The minimum atomic E-state index is -0.309. The molecule has 0 spiro atoms. The summed E-state index contributed by atoms with van der Waals surface area (Å²) in [7, 11) is 0. The van der Waals surface area contributed by atoms with Crippen LogP contribution in [0.15, 0.2) is 12.2 Å². The third-order valence-corrected chi connectivity index (χ3v) is 7.56. The average molecular weight is 780 g/mol. The number of esters is 1. The first-order chi connectivity index (χ1) is 26.6. The highest BCUT2D eigenvalue weighted by atomic mass is 16.6. The van der Waals surface area contributed by atoms with Gasteiger partial charge in [-0.1, -0.05) is 45.4 Å². The van der Waals surface area contributed by atoms with Gasteiger partial charge in [-0.3, -0.25) is 19.3 Å². The number of hydrogen-bond acceptors (Lipinski definition) is 15. The lowest BCUT2D eigenvalue weighted by atomic mass is 10.1. The van der Waals surface area contributed by atoms with E-state index in [2.05, 4.69) is 6.92 Å². The number of unbranched alkanes of at least 4 members (excludes halogenated alkanes) is 6. The number of nitrogens with zero attached hydrogens (tertiary/aromatic N) is 1. The summed E-state index contributed by atoms with van der Waals surface area (Å²) in [4.78, 5) is 35.7. The van der Waals surface area contributed by atoms with E-state index in [1.807, 2.05) is 0 Å². The Balaban J connectivity index is 1.63. The van der Waals surface area contributed by atoms with Gasteiger partial charge in [-0.05, 0) is 6.42 Å². The molecule has 0 aliphatic carbocycles. The van der Waals surface area contributed by atoms with Gasteiger partial charge in [-0.25, -0.2) is 0 Å². The Morgan fingerprint density at radius 2 is 0.685 bits per heavy atom. The van der Waals surface area contributed by atoms with E-state index in [-0.39, 0.29) is 37.5 Å². The Labute approximate surface area is 322 Å². The molecule has 0 atom stereocenters. The van der Waals surface area contributed by atoms with Crippen molar-refractivity contribution in [2.24, 2.45) is 0 Å². The second-order valence-electron chi connectivity index (χ2n) is 12.0. The van der Waals surface area contributed by atoms with E-state index in [1.165, 1.54) is 44.3 Å². The molecular weight excluding hydrogens is 710 g/mol. The molecule has 0 bridgehead atoms. The van der Waals surface area contributed by atoms with Crippen LogP contribution in [-0.4, -0.2) is 181 Å². The molecule has 0 saturated carbocycles. The average Bonchev–Trinajstić information content (AvgIpc) is 3.49.